The van der Waals surface area contributed by atoms with Gasteiger partial charge < -0.3 is 14.6 Å². The molecule has 2 aliphatic rings. The summed E-state index contributed by atoms with van der Waals surface area (Å²) in [5.74, 6) is -5.26. The minimum Gasteiger partial charge on any atom is -0.486 e. The summed E-state index contributed by atoms with van der Waals surface area (Å²) < 4.78 is 75.5. The molecular formula is C14H14F3NO6S. The van der Waals surface area contributed by atoms with Gasteiger partial charge in [-0.1, -0.05) is 0 Å². The Morgan fingerprint density at radius 3 is 2.36 bits per heavy atom. The maximum Gasteiger partial charge on any atom is 0.393 e. The van der Waals surface area contributed by atoms with Crippen LogP contribution in [-0.4, -0.2) is 56.3 Å². The smallest absolute Gasteiger partial charge is 0.393 e. The van der Waals surface area contributed by atoms with Crippen molar-refractivity contribution in [2.24, 2.45) is 11.8 Å². The summed E-state index contributed by atoms with van der Waals surface area (Å²) in [7, 11) is -4.30. The van der Waals surface area contributed by atoms with Crippen molar-refractivity contribution < 1.29 is 41.0 Å². The highest BCUT2D eigenvalue weighted by molar-refractivity contribution is 7.89. The molecular weight excluding hydrogens is 367 g/mol. The monoisotopic (exact) mass is 381 g/mol. The molecule has 3 rings (SSSR count). The lowest BCUT2D eigenvalue weighted by Gasteiger charge is -2.21. The third-order valence-electron chi connectivity index (χ3n) is 4.18. The lowest BCUT2D eigenvalue weighted by atomic mass is 9.96. The molecule has 0 aromatic heterocycles. The Morgan fingerprint density at radius 1 is 1.16 bits per heavy atom. The van der Waals surface area contributed by atoms with E-state index in [0.29, 0.717) is 16.7 Å². The molecule has 0 bridgehead atoms. The van der Waals surface area contributed by atoms with Crippen LogP contribution in [0.25, 0.3) is 0 Å². The van der Waals surface area contributed by atoms with Gasteiger partial charge in [-0.2, -0.15) is 17.5 Å². The fourth-order valence-corrected chi connectivity index (χ4v) is 4.39. The minimum absolute atomic E-state index is 0.175. The zero-order valence-corrected chi connectivity index (χ0v) is 13.5. The number of hydrogen-bond donors (Lipinski definition) is 1. The minimum atomic E-state index is -4.81. The summed E-state index contributed by atoms with van der Waals surface area (Å²) in [6.45, 7) is -1.15. The molecule has 1 aromatic carbocycles. The molecule has 0 amide bonds. The zero-order valence-electron chi connectivity index (χ0n) is 12.7. The number of rotatable bonds is 3. The summed E-state index contributed by atoms with van der Waals surface area (Å²) in [6, 6.07) is 3.72. The Kier molecular flexibility index (Phi) is 4.31. The van der Waals surface area contributed by atoms with Crippen LogP contribution in [0.4, 0.5) is 13.2 Å². The van der Waals surface area contributed by atoms with E-state index in [9.17, 15) is 26.4 Å². The Morgan fingerprint density at radius 2 is 1.80 bits per heavy atom. The topological polar surface area (TPSA) is 93.1 Å². The third kappa shape index (κ3) is 3.25. The van der Waals surface area contributed by atoms with Gasteiger partial charge in [0.1, 0.15) is 13.2 Å². The Balaban J connectivity index is 1.91. The van der Waals surface area contributed by atoms with Gasteiger partial charge in [0.15, 0.2) is 11.5 Å². The average molecular weight is 381 g/mol. The third-order valence-corrected chi connectivity index (χ3v) is 6.00. The standard InChI is InChI=1S/C14H14F3NO6S/c15-14(16,17)10-7-18(6-9(10)13(19)20)25(21,22)8-1-2-11-12(5-8)24-4-3-23-11/h1-2,5,9-10H,3-4,6-7H2,(H,19,20)/t9-,10-/m1/s1. The van der Waals surface area contributed by atoms with E-state index in [0.717, 1.165) is 0 Å². The SMILES string of the molecule is O=C(O)[C@@H]1CN(S(=O)(=O)c2ccc3c(c2)OCCO3)C[C@H]1C(F)(F)F. The molecule has 0 saturated carbocycles. The van der Waals surface area contributed by atoms with Gasteiger partial charge in [0.05, 0.1) is 16.7 Å². The molecule has 138 valence electrons. The summed E-state index contributed by atoms with van der Waals surface area (Å²) in [5, 5.41) is 9.00. The van der Waals surface area contributed by atoms with Crippen LogP contribution in [0.5, 0.6) is 11.5 Å². The molecule has 11 heteroatoms. The molecule has 7 nitrogen and oxygen atoms in total. The first-order chi connectivity index (χ1) is 11.6. The van der Waals surface area contributed by atoms with E-state index in [1.54, 1.807) is 0 Å². The van der Waals surface area contributed by atoms with Crippen molar-refractivity contribution in [3.63, 3.8) is 0 Å². The summed E-state index contributed by atoms with van der Waals surface area (Å²) in [6.07, 6.45) is -4.81. The molecule has 25 heavy (non-hydrogen) atoms. The van der Waals surface area contributed by atoms with Gasteiger partial charge in [0.25, 0.3) is 0 Å². The largest absolute Gasteiger partial charge is 0.486 e. The van der Waals surface area contributed by atoms with Crippen LogP contribution in [0.1, 0.15) is 0 Å². The van der Waals surface area contributed by atoms with E-state index in [2.05, 4.69) is 0 Å². The quantitative estimate of drug-likeness (QED) is 0.850. The second-order valence-corrected chi connectivity index (χ2v) is 7.66. The van der Waals surface area contributed by atoms with Gasteiger partial charge in [-0.3, -0.25) is 4.79 Å². The first kappa shape index (κ1) is 17.8. The Labute approximate surface area is 141 Å². The number of halogens is 3. The van der Waals surface area contributed by atoms with Gasteiger partial charge in [0.2, 0.25) is 10.0 Å². The van der Waals surface area contributed by atoms with E-state index >= 15 is 0 Å². The summed E-state index contributed by atoms with van der Waals surface area (Å²) >= 11 is 0. The number of nitrogens with zero attached hydrogens (tertiary/aromatic N) is 1. The van der Waals surface area contributed by atoms with Crippen molar-refractivity contribution in [1.82, 2.24) is 4.31 Å². The highest BCUT2D eigenvalue weighted by atomic mass is 32.2. The Hall–Kier alpha value is -2.01. The first-order valence-corrected chi connectivity index (χ1v) is 8.74. The fourth-order valence-electron chi connectivity index (χ4n) is 2.88. The average Bonchev–Trinajstić information content (AvgIpc) is 3.01. The summed E-state index contributed by atoms with van der Waals surface area (Å²) in [4.78, 5) is 10.8. The molecule has 0 unspecified atom stereocenters. The lowest BCUT2D eigenvalue weighted by molar-refractivity contribution is -0.187. The maximum absolute atomic E-state index is 13.0. The van der Waals surface area contributed by atoms with Crippen molar-refractivity contribution in [3.8, 4) is 11.5 Å². The number of sulfonamides is 1. The molecule has 0 spiro atoms. The van der Waals surface area contributed by atoms with Crippen molar-refractivity contribution in [2.75, 3.05) is 26.3 Å². The fraction of sp³-hybridized carbons (Fsp3) is 0.500. The number of carboxylic acids is 1. The second-order valence-electron chi connectivity index (χ2n) is 5.72. The van der Waals surface area contributed by atoms with Gasteiger partial charge in [-0.05, 0) is 12.1 Å². The highest BCUT2D eigenvalue weighted by Gasteiger charge is 2.55. The van der Waals surface area contributed by atoms with E-state index in [1.165, 1.54) is 18.2 Å². The molecule has 1 N–H and O–H groups in total. The zero-order chi connectivity index (χ0) is 18.4. The number of aliphatic carboxylic acids is 1. The van der Waals surface area contributed by atoms with Crippen LogP contribution in [0.15, 0.2) is 23.1 Å². The van der Waals surface area contributed by atoms with Crippen LogP contribution in [0.3, 0.4) is 0 Å². The van der Waals surface area contributed by atoms with E-state index in [-0.39, 0.29) is 17.3 Å². The van der Waals surface area contributed by atoms with Gasteiger partial charge in [-0.15, -0.1) is 0 Å². The molecule has 0 radical (unpaired) electrons. The predicted molar refractivity (Wildman–Crippen MR) is 76.9 cm³/mol. The number of carbonyl (C=O) groups is 1. The first-order valence-electron chi connectivity index (χ1n) is 7.30. The van der Waals surface area contributed by atoms with Gasteiger partial charge in [-0.25, -0.2) is 8.42 Å². The van der Waals surface area contributed by atoms with E-state index in [1.807, 2.05) is 0 Å². The normalized spacial score (nSPS) is 24.3. The molecule has 1 aromatic rings. The van der Waals surface area contributed by atoms with E-state index in [4.69, 9.17) is 14.6 Å². The molecule has 2 atom stereocenters. The van der Waals surface area contributed by atoms with Crippen LogP contribution in [0, 0.1) is 11.8 Å². The van der Waals surface area contributed by atoms with Crippen molar-refractivity contribution >= 4 is 16.0 Å². The Bertz CT molecular complexity index is 794. The second kappa shape index (κ2) is 6.06. The number of fused-ring (bicyclic) bond motifs is 1. The molecule has 0 aliphatic carbocycles. The summed E-state index contributed by atoms with van der Waals surface area (Å²) in [5.41, 5.74) is 0. The molecule has 1 saturated heterocycles. The van der Waals surface area contributed by atoms with Crippen molar-refractivity contribution in [2.45, 2.75) is 11.1 Å². The highest BCUT2D eigenvalue weighted by Crippen LogP contribution is 2.40. The number of carboxylic acid groups (broad SMARTS) is 1. The van der Waals surface area contributed by atoms with Crippen molar-refractivity contribution in [3.05, 3.63) is 18.2 Å². The predicted octanol–water partition coefficient (Wildman–Crippen LogP) is 1.34. The number of alkyl halides is 3. The number of ether oxygens (including phenoxy) is 2. The van der Waals surface area contributed by atoms with Gasteiger partial charge >= 0.3 is 12.1 Å². The van der Waals surface area contributed by atoms with E-state index < -0.39 is 47.1 Å². The lowest BCUT2D eigenvalue weighted by Crippen LogP contribution is -2.34. The number of benzene rings is 1. The van der Waals surface area contributed by atoms with Crippen LogP contribution in [-0.2, 0) is 14.8 Å². The van der Waals surface area contributed by atoms with Crippen LogP contribution < -0.4 is 9.47 Å². The van der Waals surface area contributed by atoms with Crippen LogP contribution >= 0.6 is 0 Å². The van der Waals surface area contributed by atoms with Gasteiger partial charge in [0, 0.05) is 19.2 Å². The molecule has 2 heterocycles. The maximum atomic E-state index is 13.0. The number of hydrogen-bond acceptors (Lipinski definition) is 5. The molecule has 2 aliphatic heterocycles. The van der Waals surface area contributed by atoms with Crippen molar-refractivity contribution in [1.29, 1.82) is 0 Å². The molecule has 1 fully saturated rings. The van der Waals surface area contributed by atoms with Crippen LogP contribution in [0.2, 0.25) is 0 Å².